The summed E-state index contributed by atoms with van der Waals surface area (Å²) in [7, 11) is 1.63. The van der Waals surface area contributed by atoms with Crippen LogP contribution in [0.5, 0.6) is 16.7 Å². The topological polar surface area (TPSA) is 80.3 Å². The number of hydrogen-bond donors (Lipinski definition) is 1. The lowest BCUT2D eigenvalue weighted by molar-refractivity contribution is 0.243. The molecule has 0 spiro atoms. The number of hydrogen-bond acceptors (Lipinski definition) is 8. The van der Waals surface area contributed by atoms with Gasteiger partial charge in [-0.1, -0.05) is 23.1 Å². The Morgan fingerprint density at radius 3 is 2.82 bits per heavy atom. The van der Waals surface area contributed by atoms with Gasteiger partial charge in [0.25, 0.3) is 10.8 Å². The van der Waals surface area contributed by atoms with Gasteiger partial charge in [-0.25, -0.2) is 9.97 Å². The highest BCUT2D eigenvalue weighted by Crippen LogP contribution is 2.29. The Kier molecular flexibility index (Phi) is 5.65. The van der Waals surface area contributed by atoms with Crippen LogP contribution >= 0.6 is 23.1 Å². The molecule has 1 N–H and O–H groups in total. The minimum absolute atomic E-state index is 0.0353. The van der Waals surface area contributed by atoms with Crippen molar-refractivity contribution in [2.24, 2.45) is 0 Å². The van der Waals surface area contributed by atoms with E-state index in [1.807, 2.05) is 36.7 Å². The number of benzene rings is 1. The van der Waals surface area contributed by atoms with Gasteiger partial charge in [-0.3, -0.25) is 9.69 Å². The van der Waals surface area contributed by atoms with Gasteiger partial charge in [0.05, 0.1) is 18.4 Å². The zero-order valence-corrected chi connectivity index (χ0v) is 17.2. The van der Waals surface area contributed by atoms with Crippen LogP contribution in [0, 0.1) is 0 Å². The van der Waals surface area contributed by atoms with Gasteiger partial charge in [0.1, 0.15) is 11.5 Å². The van der Waals surface area contributed by atoms with Crippen molar-refractivity contribution in [1.29, 1.82) is 0 Å². The summed E-state index contributed by atoms with van der Waals surface area (Å²) in [5, 5.41) is 1.28. The van der Waals surface area contributed by atoms with E-state index in [-0.39, 0.29) is 5.56 Å². The maximum atomic E-state index is 12.3. The van der Waals surface area contributed by atoms with Gasteiger partial charge in [-0.15, -0.1) is 0 Å². The van der Waals surface area contributed by atoms with E-state index >= 15 is 0 Å². The number of aromatic nitrogens is 3. The van der Waals surface area contributed by atoms with E-state index in [0.29, 0.717) is 16.9 Å². The molecule has 2 aromatic heterocycles. The summed E-state index contributed by atoms with van der Waals surface area (Å²) in [6.07, 6.45) is 4.52. The fourth-order valence-corrected chi connectivity index (χ4v) is 4.28. The number of ether oxygens (including phenoxy) is 2. The van der Waals surface area contributed by atoms with E-state index < -0.39 is 0 Å². The summed E-state index contributed by atoms with van der Waals surface area (Å²) in [5.41, 5.74) is 1.65. The van der Waals surface area contributed by atoms with Crippen LogP contribution in [0.4, 0.5) is 0 Å². The van der Waals surface area contributed by atoms with Crippen LogP contribution in [-0.2, 0) is 19.5 Å². The lowest BCUT2D eigenvalue weighted by atomic mass is 10.1. The number of fused-ring (bicyclic) bond motifs is 1. The molecular formula is C19H20N4O3S2. The molecule has 0 fully saturated rings. The first-order chi connectivity index (χ1) is 13.6. The highest BCUT2D eigenvalue weighted by Gasteiger charge is 2.22. The fourth-order valence-electron chi connectivity index (χ4n) is 3.06. The van der Waals surface area contributed by atoms with Crippen LogP contribution < -0.4 is 15.0 Å². The predicted octanol–water partition coefficient (Wildman–Crippen LogP) is 3.31. The molecule has 1 aliphatic rings. The molecule has 0 saturated heterocycles. The molecule has 3 aromatic rings. The molecule has 1 aliphatic heterocycles. The molecule has 0 saturated carbocycles. The Labute approximate surface area is 170 Å². The lowest BCUT2D eigenvalue weighted by Gasteiger charge is -2.26. The monoisotopic (exact) mass is 416 g/mol. The van der Waals surface area contributed by atoms with Crippen molar-refractivity contribution in [2.45, 2.75) is 24.7 Å². The molecule has 1 aromatic carbocycles. The molecule has 0 amide bonds. The van der Waals surface area contributed by atoms with Crippen molar-refractivity contribution >= 4 is 23.1 Å². The molecule has 3 heterocycles. The highest BCUT2D eigenvalue weighted by molar-refractivity contribution is 7.98. The maximum absolute atomic E-state index is 12.3. The normalized spacial score (nSPS) is 13.9. The van der Waals surface area contributed by atoms with Gasteiger partial charge in [-0.2, -0.15) is 0 Å². The third-order valence-corrected chi connectivity index (χ3v) is 5.94. The zero-order valence-electron chi connectivity index (χ0n) is 15.6. The predicted molar refractivity (Wildman–Crippen MR) is 110 cm³/mol. The third-order valence-electron chi connectivity index (χ3n) is 4.50. The number of methoxy groups -OCH3 is 1. The van der Waals surface area contributed by atoms with E-state index in [1.165, 1.54) is 23.1 Å². The summed E-state index contributed by atoms with van der Waals surface area (Å²) in [4.78, 5) is 27.4. The first-order valence-corrected chi connectivity index (χ1v) is 10.8. The second-order valence-corrected chi connectivity index (χ2v) is 8.20. The van der Waals surface area contributed by atoms with Crippen molar-refractivity contribution < 1.29 is 9.47 Å². The Morgan fingerprint density at radius 1 is 1.29 bits per heavy atom. The van der Waals surface area contributed by atoms with Gasteiger partial charge < -0.3 is 14.5 Å². The number of thiazole rings is 1. The Hall–Kier alpha value is -2.36. The molecule has 0 atom stereocenters. The van der Waals surface area contributed by atoms with Crippen LogP contribution in [0.3, 0.4) is 0 Å². The molecule has 0 unspecified atom stereocenters. The van der Waals surface area contributed by atoms with E-state index in [1.54, 1.807) is 7.11 Å². The minimum Gasteiger partial charge on any atom is -0.497 e. The lowest BCUT2D eigenvalue weighted by Crippen LogP contribution is -2.35. The number of nitrogens with one attached hydrogen (secondary N) is 1. The van der Waals surface area contributed by atoms with Crippen molar-refractivity contribution in [3.05, 3.63) is 57.0 Å². The highest BCUT2D eigenvalue weighted by atomic mass is 32.2. The van der Waals surface area contributed by atoms with Gasteiger partial charge >= 0.3 is 0 Å². The van der Waals surface area contributed by atoms with Crippen LogP contribution in [0.25, 0.3) is 0 Å². The standard InChI is InChI=1S/C19H20N4O3S2/c1-25-12-3-5-13(6-4-12)26-19-20-9-14(28-19)10-23-8-7-16-15(11-23)17(24)22-18(21-16)27-2/h3-6,9H,7-8,10-11H2,1-2H3,(H,21,22,24). The van der Waals surface area contributed by atoms with Crippen molar-refractivity contribution in [3.63, 3.8) is 0 Å². The number of thioether (sulfide) groups is 1. The summed E-state index contributed by atoms with van der Waals surface area (Å²) >= 11 is 2.97. The average Bonchev–Trinajstić information content (AvgIpc) is 3.15. The second kappa shape index (κ2) is 8.34. The van der Waals surface area contributed by atoms with Crippen LogP contribution in [-0.4, -0.2) is 39.8 Å². The van der Waals surface area contributed by atoms with E-state index in [9.17, 15) is 4.79 Å². The number of aromatic amines is 1. The second-order valence-electron chi connectivity index (χ2n) is 6.33. The minimum atomic E-state index is -0.0353. The number of nitrogens with zero attached hydrogens (tertiary/aromatic N) is 3. The Bertz CT molecular complexity index is 1020. The third kappa shape index (κ3) is 4.21. The zero-order chi connectivity index (χ0) is 19.5. The molecular weight excluding hydrogens is 396 g/mol. The van der Waals surface area contributed by atoms with E-state index in [4.69, 9.17) is 9.47 Å². The van der Waals surface area contributed by atoms with Crippen LogP contribution in [0.15, 0.2) is 40.4 Å². The van der Waals surface area contributed by atoms with Gasteiger partial charge in [0.15, 0.2) is 5.16 Å². The van der Waals surface area contributed by atoms with Crippen molar-refractivity contribution in [2.75, 3.05) is 19.9 Å². The quantitative estimate of drug-likeness (QED) is 0.488. The van der Waals surface area contributed by atoms with Crippen LogP contribution in [0.2, 0.25) is 0 Å². The number of H-pyrrole nitrogens is 1. The molecule has 9 heteroatoms. The molecule has 0 aliphatic carbocycles. The molecule has 28 heavy (non-hydrogen) atoms. The molecule has 7 nitrogen and oxygen atoms in total. The maximum Gasteiger partial charge on any atom is 0.278 e. The number of rotatable bonds is 6. The van der Waals surface area contributed by atoms with Crippen LogP contribution in [0.1, 0.15) is 16.1 Å². The molecule has 146 valence electrons. The van der Waals surface area contributed by atoms with Gasteiger partial charge in [0.2, 0.25) is 0 Å². The largest absolute Gasteiger partial charge is 0.497 e. The summed E-state index contributed by atoms with van der Waals surface area (Å²) in [6, 6.07) is 7.40. The molecule has 4 rings (SSSR count). The summed E-state index contributed by atoms with van der Waals surface area (Å²) in [6.45, 7) is 2.19. The first kappa shape index (κ1) is 19.0. The summed E-state index contributed by atoms with van der Waals surface area (Å²) in [5.74, 6) is 1.50. The molecule has 0 bridgehead atoms. The first-order valence-electron chi connectivity index (χ1n) is 8.79. The van der Waals surface area contributed by atoms with Crippen molar-refractivity contribution in [3.8, 4) is 16.7 Å². The Balaban J connectivity index is 1.41. The average molecular weight is 417 g/mol. The van der Waals surface area contributed by atoms with Gasteiger partial charge in [0, 0.05) is 37.1 Å². The van der Waals surface area contributed by atoms with Gasteiger partial charge in [-0.05, 0) is 30.5 Å². The van der Waals surface area contributed by atoms with E-state index in [0.717, 1.165) is 47.1 Å². The van der Waals surface area contributed by atoms with Crippen molar-refractivity contribution in [1.82, 2.24) is 19.9 Å². The smallest absolute Gasteiger partial charge is 0.278 e. The van der Waals surface area contributed by atoms with E-state index in [2.05, 4.69) is 19.9 Å². The fraction of sp³-hybridized carbons (Fsp3) is 0.316. The molecule has 0 radical (unpaired) electrons. The summed E-state index contributed by atoms with van der Waals surface area (Å²) < 4.78 is 11.0. The SMILES string of the molecule is COc1ccc(Oc2ncc(CN3CCc4nc(SC)[nH]c(=O)c4C3)s2)cc1. The Morgan fingerprint density at radius 2 is 2.07 bits per heavy atom.